The molecule has 0 unspecified atom stereocenters. The Labute approximate surface area is 126 Å². The highest BCUT2D eigenvalue weighted by Crippen LogP contribution is 2.18. The molecule has 1 aliphatic heterocycles. The van der Waals surface area contributed by atoms with Crippen molar-refractivity contribution in [2.24, 2.45) is 5.92 Å². The van der Waals surface area contributed by atoms with Crippen molar-refractivity contribution in [3.8, 4) is 6.07 Å². The monoisotopic (exact) mass is 285 g/mol. The van der Waals surface area contributed by atoms with Gasteiger partial charge in [0.05, 0.1) is 11.6 Å². The van der Waals surface area contributed by atoms with Crippen LogP contribution in [0.1, 0.15) is 42.6 Å². The summed E-state index contributed by atoms with van der Waals surface area (Å²) in [5, 5.41) is 11.8. The molecular formula is C17H23N3O. The van der Waals surface area contributed by atoms with E-state index >= 15 is 0 Å². The predicted molar refractivity (Wildman–Crippen MR) is 82.9 cm³/mol. The van der Waals surface area contributed by atoms with E-state index in [2.05, 4.69) is 30.1 Å². The van der Waals surface area contributed by atoms with Crippen LogP contribution in [-0.4, -0.2) is 36.5 Å². The molecule has 1 fully saturated rings. The summed E-state index contributed by atoms with van der Waals surface area (Å²) < 4.78 is 0. The van der Waals surface area contributed by atoms with Gasteiger partial charge in [0, 0.05) is 18.2 Å². The smallest absolute Gasteiger partial charge is 0.251 e. The molecule has 4 nitrogen and oxygen atoms in total. The number of carbonyl (C=O) groups excluding carboxylic acids is 1. The van der Waals surface area contributed by atoms with E-state index in [0.29, 0.717) is 23.1 Å². The average molecular weight is 285 g/mol. The van der Waals surface area contributed by atoms with E-state index in [4.69, 9.17) is 5.26 Å². The Kier molecular flexibility index (Phi) is 5.35. The van der Waals surface area contributed by atoms with Crippen LogP contribution in [0.3, 0.4) is 0 Å². The minimum atomic E-state index is -0.0502. The van der Waals surface area contributed by atoms with Crippen molar-refractivity contribution in [2.75, 3.05) is 19.6 Å². The number of likely N-dealkylation sites (tertiary alicyclic amines) is 1. The molecule has 2 rings (SSSR count). The second-order valence-corrected chi connectivity index (χ2v) is 5.97. The van der Waals surface area contributed by atoms with Crippen molar-refractivity contribution < 1.29 is 4.79 Å². The van der Waals surface area contributed by atoms with Crippen LogP contribution in [0, 0.1) is 17.2 Å². The standard InChI is InChI=1S/C17H23N3O/c1-13(2)20-9-7-15(8-10-20)12-19-17(21)16-5-3-14(11-18)4-6-16/h3-6,13,15H,7-10,12H2,1-2H3,(H,19,21). The van der Waals surface area contributed by atoms with E-state index in [1.165, 1.54) is 0 Å². The highest BCUT2D eigenvalue weighted by atomic mass is 16.1. The van der Waals surface area contributed by atoms with Gasteiger partial charge in [-0.1, -0.05) is 0 Å². The van der Waals surface area contributed by atoms with Gasteiger partial charge in [-0.25, -0.2) is 0 Å². The Balaban J connectivity index is 1.78. The third-order valence-corrected chi connectivity index (χ3v) is 4.21. The normalized spacial score (nSPS) is 16.7. The van der Waals surface area contributed by atoms with E-state index in [-0.39, 0.29) is 5.91 Å². The van der Waals surface area contributed by atoms with Crippen LogP contribution >= 0.6 is 0 Å². The van der Waals surface area contributed by atoms with E-state index in [1.54, 1.807) is 24.3 Å². The van der Waals surface area contributed by atoms with Gasteiger partial charge in [0.15, 0.2) is 0 Å². The van der Waals surface area contributed by atoms with Crippen molar-refractivity contribution >= 4 is 5.91 Å². The molecule has 4 heteroatoms. The number of hydrogen-bond donors (Lipinski definition) is 1. The van der Waals surface area contributed by atoms with E-state index in [0.717, 1.165) is 32.5 Å². The molecule has 0 spiro atoms. The Morgan fingerprint density at radius 3 is 2.48 bits per heavy atom. The second kappa shape index (κ2) is 7.24. The molecule has 1 N–H and O–H groups in total. The zero-order chi connectivity index (χ0) is 15.2. The lowest BCUT2D eigenvalue weighted by molar-refractivity contribution is 0.0929. The SMILES string of the molecule is CC(C)N1CCC(CNC(=O)c2ccc(C#N)cc2)CC1. The number of piperidine rings is 1. The van der Waals surface area contributed by atoms with Gasteiger partial charge >= 0.3 is 0 Å². The van der Waals surface area contributed by atoms with Gasteiger partial charge in [-0.2, -0.15) is 5.26 Å². The first-order valence-electron chi connectivity index (χ1n) is 7.62. The fourth-order valence-electron chi connectivity index (χ4n) is 2.71. The molecule has 0 radical (unpaired) electrons. The molecule has 1 aromatic rings. The van der Waals surface area contributed by atoms with E-state index < -0.39 is 0 Å². The van der Waals surface area contributed by atoms with Crippen molar-refractivity contribution in [1.82, 2.24) is 10.2 Å². The van der Waals surface area contributed by atoms with Gasteiger partial charge in [0.1, 0.15) is 0 Å². The Morgan fingerprint density at radius 1 is 1.33 bits per heavy atom. The maximum atomic E-state index is 12.1. The number of carbonyl (C=O) groups is 1. The number of nitrogens with one attached hydrogen (secondary N) is 1. The maximum absolute atomic E-state index is 12.1. The molecule has 1 heterocycles. The number of nitriles is 1. The van der Waals surface area contributed by atoms with Crippen molar-refractivity contribution in [2.45, 2.75) is 32.7 Å². The zero-order valence-corrected chi connectivity index (χ0v) is 12.8. The lowest BCUT2D eigenvalue weighted by atomic mass is 9.96. The molecule has 1 amide bonds. The average Bonchev–Trinajstić information content (AvgIpc) is 2.53. The number of hydrogen-bond acceptors (Lipinski definition) is 3. The summed E-state index contributed by atoms with van der Waals surface area (Å²) in [4.78, 5) is 14.5. The van der Waals surface area contributed by atoms with Crippen molar-refractivity contribution in [3.63, 3.8) is 0 Å². The molecule has 0 aromatic heterocycles. The van der Waals surface area contributed by atoms with Crippen LogP contribution in [0.5, 0.6) is 0 Å². The second-order valence-electron chi connectivity index (χ2n) is 5.97. The van der Waals surface area contributed by atoms with Crippen LogP contribution in [-0.2, 0) is 0 Å². The fourth-order valence-corrected chi connectivity index (χ4v) is 2.71. The lowest BCUT2D eigenvalue weighted by Gasteiger charge is -2.34. The molecule has 0 aliphatic carbocycles. The third kappa shape index (κ3) is 4.30. The predicted octanol–water partition coefficient (Wildman–Crippen LogP) is 2.41. The van der Waals surface area contributed by atoms with Crippen LogP contribution < -0.4 is 5.32 Å². The van der Waals surface area contributed by atoms with Crippen molar-refractivity contribution in [1.29, 1.82) is 5.26 Å². The van der Waals surface area contributed by atoms with Gasteiger partial charge < -0.3 is 10.2 Å². The fraction of sp³-hybridized carbons (Fsp3) is 0.529. The molecule has 1 aromatic carbocycles. The Hall–Kier alpha value is -1.86. The zero-order valence-electron chi connectivity index (χ0n) is 12.8. The summed E-state index contributed by atoms with van der Waals surface area (Å²) >= 11 is 0. The molecule has 1 aliphatic rings. The van der Waals surface area contributed by atoms with E-state index in [1.807, 2.05) is 0 Å². The van der Waals surface area contributed by atoms with Gasteiger partial charge in [-0.05, 0) is 70.0 Å². The Bertz CT molecular complexity index is 508. The minimum Gasteiger partial charge on any atom is -0.352 e. The topological polar surface area (TPSA) is 56.1 Å². The minimum absolute atomic E-state index is 0.0502. The number of amides is 1. The summed E-state index contributed by atoms with van der Waals surface area (Å²) in [5.41, 5.74) is 1.20. The molecule has 0 atom stereocenters. The maximum Gasteiger partial charge on any atom is 0.251 e. The summed E-state index contributed by atoms with van der Waals surface area (Å²) in [6.45, 7) is 7.44. The summed E-state index contributed by atoms with van der Waals surface area (Å²) in [6, 6.07) is 9.42. The van der Waals surface area contributed by atoms with Gasteiger partial charge in [-0.3, -0.25) is 4.79 Å². The van der Waals surface area contributed by atoms with Gasteiger partial charge in [0.2, 0.25) is 0 Å². The summed E-state index contributed by atoms with van der Waals surface area (Å²) in [7, 11) is 0. The van der Waals surface area contributed by atoms with Gasteiger partial charge in [-0.15, -0.1) is 0 Å². The first kappa shape index (κ1) is 15.5. The number of rotatable bonds is 4. The first-order chi connectivity index (χ1) is 10.1. The van der Waals surface area contributed by atoms with Crippen molar-refractivity contribution in [3.05, 3.63) is 35.4 Å². The molecule has 0 saturated carbocycles. The Morgan fingerprint density at radius 2 is 1.95 bits per heavy atom. The molecule has 112 valence electrons. The number of benzene rings is 1. The molecular weight excluding hydrogens is 262 g/mol. The van der Waals surface area contributed by atoms with Gasteiger partial charge in [0.25, 0.3) is 5.91 Å². The largest absolute Gasteiger partial charge is 0.352 e. The molecule has 0 bridgehead atoms. The number of nitrogens with zero attached hydrogens (tertiary/aromatic N) is 2. The van der Waals surface area contributed by atoms with Crippen LogP contribution in [0.25, 0.3) is 0 Å². The molecule has 21 heavy (non-hydrogen) atoms. The lowest BCUT2D eigenvalue weighted by Crippen LogP contribution is -2.41. The quantitative estimate of drug-likeness (QED) is 0.924. The third-order valence-electron chi connectivity index (χ3n) is 4.21. The van der Waals surface area contributed by atoms with Crippen LogP contribution in [0.2, 0.25) is 0 Å². The van der Waals surface area contributed by atoms with Crippen LogP contribution in [0.15, 0.2) is 24.3 Å². The van der Waals surface area contributed by atoms with Crippen LogP contribution in [0.4, 0.5) is 0 Å². The summed E-state index contributed by atoms with van der Waals surface area (Å²) in [6.07, 6.45) is 2.29. The van der Waals surface area contributed by atoms with E-state index in [9.17, 15) is 4.79 Å². The highest BCUT2D eigenvalue weighted by molar-refractivity contribution is 5.94. The highest BCUT2D eigenvalue weighted by Gasteiger charge is 2.21. The summed E-state index contributed by atoms with van der Waals surface area (Å²) in [5.74, 6) is 0.521. The first-order valence-corrected chi connectivity index (χ1v) is 7.62. The molecule has 1 saturated heterocycles.